The van der Waals surface area contributed by atoms with Gasteiger partial charge in [0.25, 0.3) is 0 Å². The average molecular weight is 655 g/mol. The van der Waals surface area contributed by atoms with Crippen LogP contribution < -0.4 is 5.32 Å². The van der Waals surface area contributed by atoms with Crippen molar-refractivity contribution in [2.45, 2.75) is 51.5 Å². The Morgan fingerprint density at radius 1 is 1.04 bits per heavy atom. The van der Waals surface area contributed by atoms with Crippen molar-refractivity contribution >= 4 is 38.3 Å². The van der Waals surface area contributed by atoms with E-state index < -0.39 is 12.6 Å². The molecule has 12 heteroatoms. The fourth-order valence-electron chi connectivity index (χ4n) is 6.77. The van der Waals surface area contributed by atoms with Crippen LogP contribution in [-0.2, 0) is 25.9 Å². The first-order valence-corrected chi connectivity index (χ1v) is 16.4. The topological polar surface area (TPSA) is 98.5 Å². The third-order valence-electron chi connectivity index (χ3n) is 9.11. The highest BCUT2D eigenvalue weighted by Gasteiger charge is 2.34. The van der Waals surface area contributed by atoms with Gasteiger partial charge in [-0.15, -0.1) is 11.3 Å². The summed E-state index contributed by atoms with van der Waals surface area (Å²) in [6, 6.07) is 20.6. The second-order valence-electron chi connectivity index (χ2n) is 12.3. The second kappa shape index (κ2) is 12.8. The van der Waals surface area contributed by atoms with Crippen molar-refractivity contribution in [3.8, 4) is 6.07 Å². The number of nitrogens with one attached hydrogen (secondary N) is 2. The van der Waals surface area contributed by atoms with Crippen molar-refractivity contribution in [3.63, 3.8) is 0 Å². The number of hydrogen-bond donors (Lipinski definition) is 2. The lowest BCUT2D eigenvalue weighted by atomic mass is 9.95. The number of likely N-dealkylation sites (tertiary alicyclic amines) is 1. The standard InChI is InChI=1S/C35H33F3N8S/c1-22-25(9-10-32-29(22)11-27(14-39)46(32)17-24-15-42-43-16-24)18-45-19-26(8-7-23-5-3-2-4-6-23)31(20-45)44-33-30-12-28(13-35(36,37)38)47-34(30)41-21-40-33/h2-6,9-12,15-16,21,26,31H,7-8,13,17-20H2,1H3,(H,42,43)(H,40,41,44). The van der Waals surface area contributed by atoms with Crippen LogP contribution in [0.15, 0.2) is 73.3 Å². The number of rotatable bonds is 10. The summed E-state index contributed by atoms with van der Waals surface area (Å²) in [6.07, 6.45) is 1.66. The predicted octanol–water partition coefficient (Wildman–Crippen LogP) is 7.25. The summed E-state index contributed by atoms with van der Waals surface area (Å²) in [7, 11) is 0. The molecule has 1 aliphatic heterocycles. The van der Waals surface area contributed by atoms with Gasteiger partial charge in [-0.2, -0.15) is 23.5 Å². The molecule has 7 rings (SSSR count). The lowest BCUT2D eigenvalue weighted by molar-refractivity contribution is -0.126. The molecule has 0 saturated carbocycles. The summed E-state index contributed by atoms with van der Waals surface area (Å²) in [6.45, 7) is 5.04. The van der Waals surface area contributed by atoms with Crippen molar-refractivity contribution in [2.75, 3.05) is 18.4 Å². The molecule has 1 fully saturated rings. The van der Waals surface area contributed by atoms with Crippen molar-refractivity contribution in [1.82, 2.24) is 29.6 Å². The Morgan fingerprint density at radius 2 is 1.89 bits per heavy atom. The SMILES string of the molecule is Cc1c(CN2CC(CCc3ccccc3)C(Nc3ncnc4sc(CC(F)(F)F)cc34)C2)ccc2c1cc(C#N)n2Cc1cn[nH]c1. The lowest BCUT2D eigenvalue weighted by Crippen LogP contribution is -2.29. The molecule has 47 heavy (non-hydrogen) atoms. The molecule has 2 aromatic carbocycles. The molecule has 0 bridgehead atoms. The third kappa shape index (κ3) is 6.73. The molecule has 5 heterocycles. The minimum Gasteiger partial charge on any atom is -0.365 e. The number of hydrogen-bond acceptors (Lipinski definition) is 7. The van der Waals surface area contributed by atoms with Gasteiger partial charge >= 0.3 is 6.18 Å². The van der Waals surface area contributed by atoms with E-state index in [2.05, 4.69) is 79.8 Å². The lowest BCUT2D eigenvalue weighted by Gasteiger charge is -2.21. The normalized spacial score (nSPS) is 17.1. The molecule has 2 atom stereocenters. The number of aryl methyl sites for hydroxylation is 2. The van der Waals surface area contributed by atoms with Crippen LogP contribution in [0.1, 0.15) is 39.2 Å². The van der Waals surface area contributed by atoms with E-state index in [1.165, 1.54) is 17.5 Å². The minimum atomic E-state index is -4.28. The van der Waals surface area contributed by atoms with Crippen molar-refractivity contribution in [2.24, 2.45) is 5.92 Å². The van der Waals surface area contributed by atoms with Gasteiger partial charge in [0, 0.05) is 53.2 Å². The highest BCUT2D eigenvalue weighted by atomic mass is 32.1. The van der Waals surface area contributed by atoms with Gasteiger partial charge in [-0.1, -0.05) is 36.4 Å². The van der Waals surface area contributed by atoms with Crippen LogP contribution >= 0.6 is 11.3 Å². The molecule has 2 unspecified atom stereocenters. The monoisotopic (exact) mass is 654 g/mol. The first-order chi connectivity index (χ1) is 22.7. The number of aromatic nitrogens is 5. The number of fused-ring (bicyclic) bond motifs is 2. The zero-order valence-corrected chi connectivity index (χ0v) is 26.6. The average Bonchev–Trinajstić information content (AvgIpc) is 3.85. The Hall–Kier alpha value is -4.73. The number of benzene rings is 2. The van der Waals surface area contributed by atoms with Crippen LogP contribution in [-0.4, -0.2) is 54.9 Å². The molecular weight excluding hydrogens is 622 g/mol. The summed E-state index contributed by atoms with van der Waals surface area (Å²) >= 11 is 1.07. The van der Waals surface area contributed by atoms with Gasteiger partial charge in [-0.05, 0) is 60.6 Å². The van der Waals surface area contributed by atoms with Crippen LogP contribution in [0.2, 0.25) is 0 Å². The first kappa shape index (κ1) is 30.9. The Morgan fingerprint density at radius 3 is 2.66 bits per heavy atom. The maximum atomic E-state index is 13.2. The molecule has 1 saturated heterocycles. The zero-order valence-electron chi connectivity index (χ0n) is 25.8. The van der Waals surface area contributed by atoms with Crippen LogP contribution in [0.25, 0.3) is 21.1 Å². The molecule has 0 spiro atoms. The van der Waals surface area contributed by atoms with Gasteiger partial charge in [-0.25, -0.2) is 9.97 Å². The van der Waals surface area contributed by atoms with Crippen LogP contribution in [0, 0.1) is 24.2 Å². The van der Waals surface area contributed by atoms with Crippen molar-refractivity contribution < 1.29 is 13.2 Å². The molecular formula is C35H33F3N8S. The summed E-state index contributed by atoms with van der Waals surface area (Å²) in [4.78, 5) is 12.0. The second-order valence-corrected chi connectivity index (χ2v) is 13.4. The Bertz CT molecular complexity index is 2040. The molecule has 2 N–H and O–H groups in total. The molecule has 0 aliphatic carbocycles. The van der Waals surface area contributed by atoms with E-state index in [1.54, 1.807) is 12.3 Å². The van der Waals surface area contributed by atoms with E-state index in [9.17, 15) is 18.4 Å². The summed E-state index contributed by atoms with van der Waals surface area (Å²) in [5.74, 6) is 0.871. The number of halogens is 3. The van der Waals surface area contributed by atoms with Crippen LogP contribution in [0.5, 0.6) is 0 Å². The molecule has 240 valence electrons. The van der Waals surface area contributed by atoms with E-state index in [0.717, 1.165) is 65.8 Å². The van der Waals surface area contributed by atoms with Gasteiger partial charge in [-0.3, -0.25) is 10.00 Å². The quantitative estimate of drug-likeness (QED) is 0.162. The van der Waals surface area contributed by atoms with Gasteiger partial charge in [0.2, 0.25) is 0 Å². The number of thiophene rings is 1. The van der Waals surface area contributed by atoms with E-state index in [0.29, 0.717) is 34.2 Å². The summed E-state index contributed by atoms with van der Waals surface area (Å²) < 4.78 is 41.5. The summed E-state index contributed by atoms with van der Waals surface area (Å²) in [5, 5.41) is 22.1. The molecule has 0 radical (unpaired) electrons. The largest absolute Gasteiger partial charge is 0.393 e. The fourth-order valence-corrected chi connectivity index (χ4v) is 7.79. The highest BCUT2D eigenvalue weighted by molar-refractivity contribution is 7.18. The number of anilines is 1. The Labute approximate surface area is 273 Å². The first-order valence-electron chi connectivity index (χ1n) is 15.6. The van der Waals surface area contributed by atoms with Crippen LogP contribution in [0.4, 0.5) is 19.0 Å². The number of nitrogens with zero attached hydrogens (tertiary/aromatic N) is 6. The van der Waals surface area contributed by atoms with E-state index in [1.807, 2.05) is 22.9 Å². The Kier molecular flexibility index (Phi) is 8.42. The maximum Gasteiger partial charge on any atom is 0.393 e. The maximum absolute atomic E-state index is 13.2. The molecule has 0 amide bonds. The number of aromatic amines is 1. The number of H-pyrrole nitrogens is 1. The smallest absolute Gasteiger partial charge is 0.365 e. The molecule has 1 aliphatic rings. The third-order valence-corrected chi connectivity index (χ3v) is 10.2. The van der Waals surface area contributed by atoms with Crippen molar-refractivity contribution in [3.05, 3.63) is 106 Å². The van der Waals surface area contributed by atoms with Crippen LogP contribution in [0.3, 0.4) is 0 Å². The predicted molar refractivity (Wildman–Crippen MR) is 177 cm³/mol. The number of nitriles is 1. The molecule has 8 nitrogen and oxygen atoms in total. The zero-order chi connectivity index (χ0) is 32.5. The highest BCUT2D eigenvalue weighted by Crippen LogP contribution is 2.35. The van der Waals surface area contributed by atoms with Gasteiger partial charge < -0.3 is 9.88 Å². The van der Waals surface area contributed by atoms with Gasteiger partial charge in [0.05, 0.1) is 24.5 Å². The molecule has 6 aromatic rings. The minimum absolute atomic E-state index is 0.0491. The fraction of sp³-hybridized carbons (Fsp3) is 0.314. The molecule has 4 aromatic heterocycles. The van der Waals surface area contributed by atoms with E-state index in [-0.39, 0.29) is 10.9 Å². The number of alkyl halides is 3. The van der Waals surface area contributed by atoms with Gasteiger partial charge in [0.1, 0.15) is 28.7 Å². The Balaban J connectivity index is 1.14. The van der Waals surface area contributed by atoms with Gasteiger partial charge in [0.15, 0.2) is 0 Å². The van der Waals surface area contributed by atoms with E-state index in [4.69, 9.17) is 0 Å². The van der Waals surface area contributed by atoms with E-state index >= 15 is 0 Å². The summed E-state index contributed by atoms with van der Waals surface area (Å²) in [5.41, 5.74) is 6.24. The van der Waals surface area contributed by atoms with Crippen molar-refractivity contribution in [1.29, 1.82) is 5.26 Å².